The normalized spacial score (nSPS) is 16.3. The fourth-order valence-electron chi connectivity index (χ4n) is 16.3. The Labute approximate surface area is 610 Å². The van der Waals surface area contributed by atoms with Gasteiger partial charge < -0.3 is 54.2 Å². The van der Waals surface area contributed by atoms with Crippen molar-refractivity contribution < 1.29 is 38.4 Å². The maximum atomic E-state index is 6.99. The van der Waals surface area contributed by atoms with Gasteiger partial charge in [0, 0.05) is 64.3 Å². The molecule has 5 heterocycles. The minimum Gasteiger partial charge on any atom is -0.457 e. The number of nitrogens with zero attached hydrogens (tertiary/aromatic N) is 8. The summed E-state index contributed by atoms with van der Waals surface area (Å²) < 4.78 is 27.9. The van der Waals surface area contributed by atoms with Gasteiger partial charge in [0.2, 0.25) is 0 Å². The SMILES string of the molecule is CC(C)(C)CC(C)(C)c1ccc(Oc2cccc3c2C2=N/C3=N\c3[n-]c(c4cccc(Oc5ccc(C(C)(C)CC(C)(C)C)cc5)c34)/N=C3\[N-]C(/N=c4\[n-]c(c5cccc(Oc6ccc(C(C)(C)CC(C)(C)C)cc6)c45)=N2)c2cccc(Oc4ccc(C(C)(C)CC(C)(C)C)cc4)c23)cc1.[Zn]. The molecule has 0 N–H and O–H groups in total. The topological polar surface area (TPSA) is 141 Å². The average Bonchev–Trinajstić information content (AvgIpc) is 1.59. The van der Waals surface area contributed by atoms with E-state index < -0.39 is 6.17 Å². The summed E-state index contributed by atoms with van der Waals surface area (Å²) >= 11 is 0. The molecule has 8 bridgehead atoms. The third-order valence-electron chi connectivity index (χ3n) is 19.1. The maximum absolute atomic E-state index is 6.99. The number of fused-ring (bicyclic) bond motifs is 19. The number of amidine groups is 3. The predicted octanol–water partition coefficient (Wildman–Crippen LogP) is 23.2. The number of aliphatic imine (C=N–C) groups is 3. The zero-order chi connectivity index (χ0) is 71.3. The van der Waals surface area contributed by atoms with Crippen molar-refractivity contribution in [1.29, 1.82) is 0 Å². The minimum atomic E-state index is -0.857. The second kappa shape index (κ2) is 26.5. The Hall–Kier alpha value is -8.93. The standard InChI is InChI=1S/C88H97N8O4.Zn/c1-81(2,3)49-85(13,14)53-33-41-57(42-34-53)97-65-29-21-25-61-69(65)77-89-73(61)94-78-71-63(27-23-31-67(71)99-59-45-37-55(38-46-59)87(17,18)51-83(7,8)9)75(91-78)96-80-72-64(28-24-32-68(72)100-60-47-39-56(40-48-60)88(19,20)52-84(10,11)12)76(92-80)95-79-70-62(74(90-79)93-77)26-22-30-66(70)98-58-43-35-54(36-44-58)86(15,16)50-82(4,5)6;/h21-48,73H,49-52H2,1-20H3;/q-3;. The summed E-state index contributed by atoms with van der Waals surface area (Å²) in [5.41, 5.74) is 8.74. The quantitative estimate of drug-likeness (QED) is 0.0882. The van der Waals surface area contributed by atoms with Gasteiger partial charge in [-0.15, -0.1) is 0 Å². The molecular formula is C88H97N8O4Zn-3. The molecule has 1 unspecified atom stereocenters. The smallest absolute Gasteiger partial charge is 0.137 e. The van der Waals surface area contributed by atoms with Crippen LogP contribution in [0.4, 0.5) is 11.6 Å². The van der Waals surface area contributed by atoms with Gasteiger partial charge in [-0.2, -0.15) is 0 Å². The molecule has 0 fully saturated rings. The van der Waals surface area contributed by atoms with Crippen LogP contribution in [0.1, 0.15) is 215 Å². The van der Waals surface area contributed by atoms with E-state index >= 15 is 0 Å². The van der Waals surface area contributed by atoms with Crippen LogP contribution in [0.25, 0.3) is 26.9 Å². The van der Waals surface area contributed by atoms with Crippen LogP contribution in [0.15, 0.2) is 195 Å². The van der Waals surface area contributed by atoms with E-state index in [0.29, 0.717) is 124 Å². The molecule has 0 saturated carbocycles. The van der Waals surface area contributed by atoms with Crippen molar-refractivity contribution in [1.82, 2.24) is 9.97 Å². The molecule has 3 aliphatic rings. The molecule has 13 rings (SSSR count). The molecule has 2 aromatic heterocycles. The second-order valence-electron chi connectivity index (χ2n) is 35.3. The van der Waals surface area contributed by atoms with E-state index in [2.05, 4.69) is 199 Å². The summed E-state index contributed by atoms with van der Waals surface area (Å²) in [6.45, 7) is 45.9. The molecular weight excluding hydrogens is 1300 g/mol. The monoisotopic (exact) mass is 1390 g/mol. The van der Waals surface area contributed by atoms with E-state index in [0.717, 1.165) is 31.2 Å². The van der Waals surface area contributed by atoms with Crippen LogP contribution >= 0.6 is 0 Å². The first kappa shape index (κ1) is 71.9. The predicted molar refractivity (Wildman–Crippen MR) is 409 cm³/mol. The Balaban J connectivity index is 0.00000965. The van der Waals surface area contributed by atoms with E-state index in [1.54, 1.807) is 0 Å². The molecule has 10 aromatic rings. The first-order valence-electron chi connectivity index (χ1n) is 35.4. The first-order valence-corrected chi connectivity index (χ1v) is 35.4. The number of aromatic nitrogens is 2. The van der Waals surface area contributed by atoms with Crippen molar-refractivity contribution >= 4 is 50.7 Å². The molecule has 518 valence electrons. The molecule has 0 spiro atoms. The van der Waals surface area contributed by atoms with Crippen LogP contribution in [0, 0.1) is 21.7 Å². The third-order valence-corrected chi connectivity index (χ3v) is 19.1. The number of hydrogen-bond acceptors (Lipinski definition) is 9. The van der Waals surface area contributed by atoms with Crippen LogP contribution in [-0.4, -0.2) is 17.5 Å². The second-order valence-corrected chi connectivity index (χ2v) is 35.3. The largest absolute Gasteiger partial charge is 0.457 e. The Morgan fingerprint density at radius 1 is 0.337 bits per heavy atom. The van der Waals surface area contributed by atoms with Crippen molar-refractivity contribution in [3.8, 4) is 46.0 Å². The fourth-order valence-corrected chi connectivity index (χ4v) is 16.3. The summed E-state index contributed by atoms with van der Waals surface area (Å²) in [6.07, 6.45) is 3.19. The summed E-state index contributed by atoms with van der Waals surface area (Å²) in [7, 11) is 0. The first-order chi connectivity index (χ1) is 46.9. The Bertz CT molecular complexity index is 5000. The van der Waals surface area contributed by atoms with Crippen molar-refractivity contribution in [3.05, 3.63) is 231 Å². The molecule has 3 aliphatic heterocycles. The molecule has 13 heteroatoms. The molecule has 12 nitrogen and oxygen atoms in total. The molecule has 0 amide bonds. The molecule has 0 radical (unpaired) electrons. The number of hydrogen-bond donors (Lipinski definition) is 0. The Kier molecular flexibility index (Phi) is 18.8. The molecule has 8 aromatic carbocycles. The van der Waals surface area contributed by atoms with Gasteiger partial charge in [0.05, 0.1) is 17.2 Å². The average molecular weight is 1400 g/mol. The molecule has 0 saturated heterocycles. The number of rotatable bonds is 16. The van der Waals surface area contributed by atoms with Gasteiger partial charge in [-0.05, 0) is 192 Å². The van der Waals surface area contributed by atoms with Crippen LogP contribution < -0.4 is 39.9 Å². The molecule has 101 heavy (non-hydrogen) atoms. The van der Waals surface area contributed by atoms with Crippen LogP contribution in [0.5, 0.6) is 46.0 Å². The van der Waals surface area contributed by atoms with E-state index in [-0.39, 0.29) is 62.8 Å². The fraction of sp³-hybridized carbons (Fsp3) is 0.375. The maximum Gasteiger partial charge on any atom is 0.137 e. The van der Waals surface area contributed by atoms with Crippen LogP contribution in [0.3, 0.4) is 0 Å². The summed E-state index contributed by atoms with van der Waals surface area (Å²) in [4.78, 5) is 38.2. The van der Waals surface area contributed by atoms with Gasteiger partial charge in [0.15, 0.2) is 0 Å². The Morgan fingerprint density at radius 3 is 1.17 bits per heavy atom. The van der Waals surface area contributed by atoms with Crippen molar-refractivity contribution in [3.63, 3.8) is 0 Å². The van der Waals surface area contributed by atoms with Crippen molar-refractivity contribution in [2.75, 3.05) is 0 Å². The van der Waals surface area contributed by atoms with Gasteiger partial charge in [0.25, 0.3) is 0 Å². The minimum absolute atomic E-state index is 0. The van der Waals surface area contributed by atoms with Gasteiger partial charge in [-0.3, -0.25) is 0 Å². The van der Waals surface area contributed by atoms with Gasteiger partial charge in [-0.1, -0.05) is 236 Å². The summed E-state index contributed by atoms with van der Waals surface area (Å²) in [5.74, 6) is 6.66. The van der Waals surface area contributed by atoms with Gasteiger partial charge in [-0.25, -0.2) is 4.99 Å². The van der Waals surface area contributed by atoms with E-state index in [9.17, 15) is 0 Å². The summed E-state index contributed by atoms with van der Waals surface area (Å²) in [6, 6.07) is 57.5. The summed E-state index contributed by atoms with van der Waals surface area (Å²) in [5, 5.41) is 8.15. The van der Waals surface area contributed by atoms with Crippen molar-refractivity contribution in [2.24, 2.45) is 46.6 Å². The Morgan fingerprint density at radius 2 is 0.723 bits per heavy atom. The van der Waals surface area contributed by atoms with E-state index in [4.69, 9.17) is 59.2 Å². The number of benzene rings is 8. The molecule has 1 atom stereocenters. The zero-order valence-electron chi connectivity index (χ0n) is 63.0. The molecule has 0 aliphatic carbocycles. The third kappa shape index (κ3) is 15.6. The zero-order valence-corrected chi connectivity index (χ0v) is 66.0. The van der Waals surface area contributed by atoms with Crippen molar-refractivity contribution in [2.45, 2.75) is 192 Å². The van der Waals surface area contributed by atoms with E-state index in [1.165, 1.54) is 22.3 Å². The van der Waals surface area contributed by atoms with Crippen LogP contribution in [-0.2, 0) is 41.1 Å². The van der Waals surface area contributed by atoms with Gasteiger partial charge in [0.1, 0.15) is 46.0 Å². The van der Waals surface area contributed by atoms with Crippen LogP contribution in [0.2, 0.25) is 0 Å². The van der Waals surface area contributed by atoms with Gasteiger partial charge >= 0.3 is 0 Å². The number of ether oxygens (including phenoxy) is 4. The van der Waals surface area contributed by atoms with E-state index in [1.807, 2.05) is 109 Å².